The average Bonchev–Trinajstić information content (AvgIpc) is 2.37. The minimum atomic E-state index is -1.08. The zero-order valence-corrected chi connectivity index (χ0v) is 14.6. The lowest BCUT2D eigenvalue weighted by atomic mass is 10.2. The molecule has 2 amide bonds. The average molecular weight is 398 g/mol. The number of hydrogen-bond acceptors (Lipinski definition) is 2. The molecule has 2 N–H and O–H groups in total. The van der Waals surface area contributed by atoms with Crippen LogP contribution in [0.5, 0.6) is 0 Å². The summed E-state index contributed by atoms with van der Waals surface area (Å²) >= 11 is 15.2. The highest BCUT2D eigenvalue weighted by atomic mass is 79.9. The van der Waals surface area contributed by atoms with Crippen LogP contribution in [0.15, 0.2) is 16.6 Å². The SMILES string of the molecule is CC(C)CN(CC(=O)O)C(=O)Nc1ccc(Br)c(Cl)c1Cl. The van der Waals surface area contributed by atoms with Gasteiger partial charge in [-0.1, -0.05) is 37.0 Å². The zero-order valence-electron chi connectivity index (χ0n) is 11.5. The van der Waals surface area contributed by atoms with Crippen LogP contribution in [0.3, 0.4) is 0 Å². The number of carbonyl (C=O) groups excluding carboxylic acids is 1. The van der Waals surface area contributed by atoms with Crippen LogP contribution in [-0.2, 0) is 4.79 Å². The van der Waals surface area contributed by atoms with Crippen molar-refractivity contribution in [2.75, 3.05) is 18.4 Å². The molecule has 21 heavy (non-hydrogen) atoms. The van der Waals surface area contributed by atoms with Crippen LogP contribution in [0, 0.1) is 5.92 Å². The van der Waals surface area contributed by atoms with Gasteiger partial charge >= 0.3 is 12.0 Å². The number of carboxylic acids is 1. The molecule has 116 valence electrons. The Bertz CT molecular complexity index is 552. The number of aliphatic carboxylic acids is 1. The Balaban J connectivity index is 2.91. The van der Waals surface area contributed by atoms with Gasteiger partial charge in [0.2, 0.25) is 0 Å². The summed E-state index contributed by atoms with van der Waals surface area (Å²) in [6, 6.07) is 2.70. The van der Waals surface area contributed by atoms with Crippen LogP contribution >= 0.6 is 39.1 Å². The molecule has 0 aliphatic heterocycles. The minimum absolute atomic E-state index is 0.138. The Morgan fingerprint density at radius 2 is 1.95 bits per heavy atom. The van der Waals surface area contributed by atoms with Crippen molar-refractivity contribution in [3.8, 4) is 0 Å². The molecule has 1 rings (SSSR count). The number of carbonyl (C=O) groups is 2. The van der Waals surface area contributed by atoms with E-state index < -0.39 is 12.0 Å². The van der Waals surface area contributed by atoms with E-state index in [1.165, 1.54) is 4.90 Å². The van der Waals surface area contributed by atoms with Gasteiger partial charge in [-0.05, 0) is 34.0 Å². The number of amides is 2. The summed E-state index contributed by atoms with van der Waals surface area (Å²) in [5.41, 5.74) is 0.328. The standard InChI is InChI=1S/C13H15BrCl2N2O3/c1-7(2)5-18(6-10(19)20)13(21)17-9-4-3-8(14)11(15)12(9)16/h3-4,7H,5-6H2,1-2H3,(H,17,21)(H,19,20). The number of benzene rings is 1. The van der Waals surface area contributed by atoms with E-state index in [-0.39, 0.29) is 22.5 Å². The van der Waals surface area contributed by atoms with Crippen molar-refractivity contribution in [2.24, 2.45) is 5.92 Å². The fraction of sp³-hybridized carbons (Fsp3) is 0.385. The fourth-order valence-corrected chi connectivity index (χ4v) is 2.46. The smallest absolute Gasteiger partial charge is 0.323 e. The molecule has 0 saturated carbocycles. The van der Waals surface area contributed by atoms with Gasteiger partial charge in [0.25, 0.3) is 0 Å². The lowest BCUT2D eigenvalue weighted by Crippen LogP contribution is -2.41. The summed E-state index contributed by atoms with van der Waals surface area (Å²) in [5.74, 6) is -0.940. The van der Waals surface area contributed by atoms with Gasteiger partial charge in [0.15, 0.2) is 0 Å². The molecule has 0 aliphatic rings. The van der Waals surface area contributed by atoms with E-state index in [0.717, 1.165) is 0 Å². The van der Waals surface area contributed by atoms with Gasteiger partial charge in [0, 0.05) is 11.0 Å². The van der Waals surface area contributed by atoms with Gasteiger partial charge < -0.3 is 15.3 Å². The number of nitrogens with zero attached hydrogens (tertiary/aromatic N) is 1. The predicted octanol–water partition coefficient (Wildman–Crippen LogP) is 4.33. The van der Waals surface area contributed by atoms with Crippen LogP contribution in [0.4, 0.5) is 10.5 Å². The number of anilines is 1. The number of rotatable bonds is 5. The summed E-state index contributed by atoms with van der Waals surface area (Å²) in [6.07, 6.45) is 0. The molecule has 8 heteroatoms. The van der Waals surface area contributed by atoms with Gasteiger partial charge in [-0.25, -0.2) is 4.79 Å². The van der Waals surface area contributed by atoms with E-state index in [4.69, 9.17) is 28.3 Å². The van der Waals surface area contributed by atoms with Crippen LogP contribution < -0.4 is 5.32 Å². The maximum absolute atomic E-state index is 12.2. The van der Waals surface area contributed by atoms with Gasteiger partial charge in [-0.2, -0.15) is 0 Å². The molecule has 1 aromatic carbocycles. The van der Waals surface area contributed by atoms with E-state index in [2.05, 4.69) is 21.2 Å². The molecule has 0 heterocycles. The second kappa shape index (κ2) is 7.87. The summed E-state index contributed by atoms with van der Waals surface area (Å²) in [4.78, 5) is 24.2. The lowest BCUT2D eigenvalue weighted by Gasteiger charge is -2.23. The highest BCUT2D eigenvalue weighted by Crippen LogP contribution is 2.35. The second-order valence-corrected chi connectivity index (χ2v) is 6.43. The highest BCUT2D eigenvalue weighted by molar-refractivity contribution is 9.10. The van der Waals surface area contributed by atoms with E-state index in [1.54, 1.807) is 12.1 Å². The third kappa shape index (κ3) is 5.37. The molecule has 5 nitrogen and oxygen atoms in total. The number of hydrogen-bond donors (Lipinski definition) is 2. The minimum Gasteiger partial charge on any atom is -0.480 e. The Morgan fingerprint density at radius 1 is 1.33 bits per heavy atom. The first kappa shape index (κ1) is 18.1. The number of carboxylic acid groups (broad SMARTS) is 1. The third-order valence-electron chi connectivity index (χ3n) is 2.48. The van der Waals surface area contributed by atoms with Gasteiger partial charge in [0.1, 0.15) is 6.54 Å². The maximum atomic E-state index is 12.2. The Morgan fingerprint density at radius 3 is 2.48 bits per heavy atom. The Kier molecular flexibility index (Phi) is 6.77. The zero-order chi connectivity index (χ0) is 16.2. The molecule has 0 spiro atoms. The van der Waals surface area contributed by atoms with E-state index >= 15 is 0 Å². The number of urea groups is 1. The van der Waals surface area contributed by atoms with Crippen molar-refractivity contribution < 1.29 is 14.7 Å². The second-order valence-electron chi connectivity index (χ2n) is 4.82. The summed E-state index contributed by atoms with van der Waals surface area (Å²) in [7, 11) is 0. The largest absolute Gasteiger partial charge is 0.480 e. The summed E-state index contributed by atoms with van der Waals surface area (Å²) in [5, 5.41) is 11.9. The fourth-order valence-electron chi connectivity index (χ4n) is 1.64. The molecular weight excluding hydrogens is 383 g/mol. The molecule has 0 radical (unpaired) electrons. The van der Waals surface area contributed by atoms with Crippen molar-refractivity contribution in [3.63, 3.8) is 0 Å². The number of nitrogens with one attached hydrogen (secondary N) is 1. The first-order valence-electron chi connectivity index (χ1n) is 6.13. The lowest BCUT2D eigenvalue weighted by molar-refractivity contribution is -0.137. The van der Waals surface area contributed by atoms with Gasteiger partial charge in [-0.15, -0.1) is 0 Å². The van der Waals surface area contributed by atoms with Crippen molar-refractivity contribution in [2.45, 2.75) is 13.8 Å². The molecule has 0 aromatic heterocycles. The van der Waals surface area contributed by atoms with Crippen LogP contribution in [-0.4, -0.2) is 35.1 Å². The van der Waals surface area contributed by atoms with Crippen molar-refractivity contribution >= 4 is 56.8 Å². The van der Waals surface area contributed by atoms with E-state index in [1.807, 2.05) is 13.8 Å². The molecule has 0 aliphatic carbocycles. The predicted molar refractivity (Wildman–Crippen MR) is 87.2 cm³/mol. The maximum Gasteiger partial charge on any atom is 0.323 e. The van der Waals surface area contributed by atoms with Crippen LogP contribution in [0.25, 0.3) is 0 Å². The first-order valence-corrected chi connectivity index (χ1v) is 7.68. The number of halogens is 3. The van der Waals surface area contributed by atoms with Crippen molar-refractivity contribution in [1.29, 1.82) is 0 Å². The van der Waals surface area contributed by atoms with Gasteiger partial charge in [-0.3, -0.25) is 4.79 Å². The molecule has 0 atom stereocenters. The first-order chi connectivity index (χ1) is 9.72. The monoisotopic (exact) mass is 396 g/mol. The molecule has 0 saturated heterocycles. The molecule has 1 aromatic rings. The molecule has 0 unspecified atom stereocenters. The quantitative estimate of drug-likeness (QED) is 0.726. The van der Waals surface area contributed by atoms with Gasteiger partial charge in [0.05, 0.1) is 15.7 Å². The van der Waals surface area contributed by atoms with Crippen LogP contribution in [0.2, 0.25) is 10.0 Å². The third-order valence-corrected chi connectivity index (χ3v) is 4.25. The molecule has 0 fully saturated rings. The summed E-state index contributed by atoms with van der Waals surface area (Å²) < 4.78 is 0.608. The topological polar surface area (TPSA) is 69.6 Å². The Hall–Kier alpha value is -0.980. The van der Waals surface area contributed by atoms with E-state index in [9.17, 15) is 9.59 Å². The highest BCUT2D eigenvalue weighted by Gasteiger charge is 2.19. The Labute approximate surface area is 141 Å². The van der Waals surface area contributed by atoms with Crippen LogP contribution in [0.1, 0.15) is 13.8 Å². The normalized spacial score (nSPS) is 10.6. The summed E-state index contributed by atoms with van der Waals surface area (Å²) in [6.45, 7) is 3.73. The van der Waals surface area contributed by atoms with Crippen molar-refractivity contribution in [1.82, 2.24) is 4.90 Å². The van der Waals surface area contributed by atoms with E-state index in [0.29, 0.717) is 16.7 Å². The molecular formula is C13H15BrCl2N2O3. The van der Waals surface area contributed by atoms with Crippen molar-refractivity contribution in [3.05, 3.63) is 26.7 Å². The molecule has 0 bridgehead atoms.